The number of amides is 1. The van der Waals surface area contributed by atoms with Crippen molar-refractivity contribution >= 4 is 21.6 Å². The van der Waals surface area contributed by atoms with Crippen LogP contribution in [0.1, 0.15) is 13.8 Å². The van der Waals surface area contributed by atoms with Crippen molar-refractivity contribution in [1.82, 2.24) is 9.21 Å². The maximum Gasteiger partial charge on any atom is 0.243 e. The van der Waals surface area contributed by atoms with Crippen LogP contribution in [-0.2, 0) is 14.8 Å². The fourth-order valence-corrected chi connectivity index (χ4v) is 5.24. The SMILES string of the molecule is CC(C)(CO)C(=O)N1CC2=C(C1)CN(S(=O)(=O)c1ccc3c(c1)NCCO3)C2. The molecule has 9 heteroatoms. The summed E-state index contributed by atoms with van der Waals surface area (Å²) in [6, 6.07) is 4.87. The number of aliphatic hydroxyl groups is 1. The maximum absolute atomic E-state index is 13.1. The zero-order valence-corrected chi connectivity index (χ0v) is 16.9. The fraction of sp³-hybridized carbons (Fsp3) is 0.526. The van der Waals surface area contributed by atoms with Crippen molar-refractivity contribution in [3.05, 3.63) is 29.3 Å². The highest BCUT2D eigenvalue weighted by Crippen LogP contribution is 2.35. The Morgan fingerprint density at radius 2 is 1.89 bits per heavy atom. The number of hydrogen-bond acceptors (Lipinski definition) is 6. The van der Waals surface area contributed by atoms with Gasteiger partial charge in [0.25, 0.3) is 0 Å². The van der Waals surface area contributed by atoms with E-state index in [4.69, 9.17) is 4.74 Å². The van der Waals surface area contributed by atoms with Crippen LogP contribution in [0, 0.1) is 5.41 Å². The lowest BCUT2D eigenvalue weighted by atomic mass is 9.93. The summed E-state index contributed by atoms with van der Waals surface area (Å²) in [4.78, 5) is 14.5. The molecule has 0 saturated carbocycles. The third-order valence-corrected chi connectivity index (χ3v) is 7.31. The molecule has 4 rings (SSSR count). The van der Waals surface area contributed by atoms with Crippen LogP contribution in [0.25, 0.3) is 0 Å². The average molecular weight is 407 g/mol. The Balaban J connectivity index is 1.47. The van der Waals surface area contributed by atoms with Crippen LogP contribution in [0.15, 0.2) is 34.2 Å². The number of carbonyl (C=O) groups is 1. The molecule has 1 aromatic rings. The average Bonchev–Trinajstić information content (AvgIpc) is 3.26. The molecule has 0 radical (unpaired) electrons. The molecule has 28 heavy (non-hydrogen) atoms. The second-order valence-corrected chi connectivity index (χ2v) is 10.1. The fourth-order valence-electron chi connectivity index (χ4n) is 3.78. The van der Waals surface area contributed by atoms with Crippen molar-refractivity contribution in [2.75, 3.05) is 51.3 Å². The quantitative estimate of drug-likeness (QED) is 0.711. The Kier molecular flexibility index (Phi) is 4.64. The molecule has 0 aliphatic carbocycles. The number of nitrogens with zero attached hydrogens (tertiary/aromatic N) is 2. The molecule has 3 aliphatic heterocycles. The van der Waals surface area contributed by atoms with Gasteiger partial charge in [0.05, 0.1) is 22.6 Å². The first-order chi connectivity index (χ1) is 13.2. The maximum atomic E-state index is 13.1. The summed E-state index contributed by atoms with van der Waals surface area (Å²) in [6.45, 7) is 5.83. The van der Waals surface area contributed by atoms with Crippen molar-refractivity contribution in [2.45, 2.75) is 18.7 Å². The van der Waals surface area contributed by atoms with E-state index >= 15 is 0 Å². The standard InChI is InChI=1S/C19H25N3O5S/c1-19(2,12-23)18(24)21-8-13-10-22(11-14(13)9-21)28(25,26)15-3-4-17-16(7-15)20-5-6-27-17/h3-4,7,20,23H,5-6,8-12H2,1-2H3. The summed E-state index contributed by atoms with van der Waals surface area (Å²) >= 11 is 0. The van der Waals surface area contributed by atoms with Crippen molar-refractivity contribution in [3.8, 4) is 5.75 Å². The van der Waals surface area contributed by atoms with Crippen molar-refractivity contribution in [3.63, 3.8) is 0 Å². The largest absolute Gasteiger partial charge is 0.490 e. The van der Waals surface area contributed by atoms with Crippen LogP contribution in [0.3, 0.4) is 0 Å². The third-order valence-electron chi connectivity index (χ3n) is 5.52. The van der Waals surface area contributed by atoms with E-state index in [0.29, 0.717) is 50.8 Å². The van der Waals surface area contributed by atoms with Gasteiger partial charge in [0.2, 0.25) is 15.9 Å². The van der Waals surface area contributed by atoms with Gasteiger partial charge in [-0.15, -0.1) is 0 Å². The second-order valence-electron chi connectivity index (χ2n) is 8.12. The molecule has 2 N–H and O–H groups in total. The predicted molar refractivity (Wildman–Crippen MR) is 104 cm³/mol. The summed E-state index contributed by atoms with van der Waals surface area (Å²) in [7, 11) is -3.63. The summed E-state index contributed by atoms with van der Waals surface area (Å²) < 4.78 is 33.2. The minimum absolute atomic E-state index is 0.112. The van der Waals surface area contributed by atoms with Crippen LogP contribution in [0.4, 0.5) is 5.69 Å². The Morgan fingerprint density at radius 3 is 2.54 bits per heavy atom. The van der Waals surface area contributed by atoms with Gasteiger partial charge in [0.15, 0.2) is 0 Å². The van der Waals surface area contributed by atoms with E-state index in [-0.39, 0.29) is 17.4 Å². The molecule has 1 aromatic carbocycles. The minimum atomic E-state index is -3.63. The van der Waals surface area contributed by atoms with E-state index in [1.807, 2.05) is 0 Å². The zero-order valence-electron chi connectivity index (χ0n) is 16.1. The van der Waals surface area contributed by atoms with Crippen LogP contribution in [-0.4, -0.2) is 74.6 Å². The first-order valence-electron chi connectivity index (χ1n) is 9.33. The lowest BCUT2D eigenvalue weighted by Crippen LogP contribution is -2.43. The molecule has 152 valence electrons. The molecule has 0 fully saturated rings. The van der Waals surface area contributed by atoms with Crippen LogP contribution in [0.5, 0.6) is 5.75 Å². The highest BCUT2D eigenvalue weighted by molar-refractivity contribution is 7.89. The lowest BCUT2D eigenvalue weighted by molar-refractivity contribution is -0.141. The van der Waals surface area contributed by atoms with E-state index in [1.54, 1.807) is 36.9 Å². The number of aliphatic hydroxyl groups excluding tert-OH is 1. The Hall–Kier alpha value is -2.10. The first-order valence-corrected chi connectivity index (χ1v) is 10.8. The first kappa shape index (κ1) is 19.2. The van der Waals surface area contributed by atoms with E-state index in [2.05, 4.69) is 5.32 Å². The molecular formula is C19H25N3O5S. The molecule has 0 saturated heterocycles. The van der Waals surface area contributed by atoms with E-state index in [9.17, 15) is 18.3 Å². The molecular weight excluding hydrogens is 382 g/mol. The number of nitrogens with one attached hydrogen (secondary N) is 1. The minimum Gasteiger partial charge on any atom is -0.490 e. The lowest BCUT2D eigenvalue weighted by Gasteiger charge is -2.29. The number of carbonyl (C=O) groups excluding carboxylic acids is 1. The molecule has 0 spiro atoms. The second kappa shape index (κ2) is 6.75. The molecule has 0 unspecified atom stereocenters. The number of benzene rings is 1. The van der Waals surface area contributed by atoms with Gasteiger partial charge in [-0.25, -0.2) is 8.42 Å². The Morgan fingerprint density at radius 1 is 1.21 bits per heavy atom. The molecule has 0 bridgehead atoms. The number of hydrogen-bond donors (Lipinski definition) is 2. The number of anilines is 1. The highest BCUT2D eigenvalue weighted by atomic mass is 32.2. The van der Waals surface area contributed by atoms with Gasteiger partial charge in [-0.2, -0.15) is 4.31 Å². The number of ether oxygens (including phenoxy) is 1. The van der Waals surface area contributed by atoms with Gasteiger partial charge < -0.3 is 20.1 Å². The molecule has 3 heterocycles. The summed E-state index contributed by atoms with van der Waals surface area (Å²) in [5, 5.41) is 12.6. The molecule has 0 atom stereocenters. The van der Waals surface area contributed by atoms with E-state index in [1.165, 1.54) is 4.31 Å². The number of fused-ring (bicyclic) bond motifs is 1. The number of sulfonamides is 1. The number of rotatable bonds is 4. The molecule has 1 amide bonds. The predicted octanol–water partition coefficient (Wildman–Crippen LogP) is 0.652. The monoisotopic (exact) mass is 407 g/mol. The van der Waals surface area contributed by atoms with Gasteiger partial charge >= 0.3 is 0 Å². The van der Waals surface area contributed by atoms with Gasteiger partial charge in [0.1, 0.15) is 12.4 Å². The molecule has 8 nitrogen and oxygen atoms in total. The van der Waals surface area contributed by atoms with E-state index < -0.39 is 15.4 Å². The topological polar surface area (TPSA) is 99.2 Å². The van der Waals surface area contributed by atoms with Crippen LogP contribution < -0.4 is 10.1 Å². The Bertz CT molecular complexity index is 936. The Labute approximate surface area is 164 Å². The van der Waals surface area contributed by atoms with E-state index in [0.717, 1.165) is 11.1 Å². The molecule has 3 aliphatic rings. The highest BCUT2D eigenvalue weighted by Gasteiger charge is 2.40. The zero-order chi connectivity index (χ0) is 20.1. The smallest absolute Gasteiger partial charge is 0.243 e. The van der Waals surface area contributed by atoms with Gasteiger partial charge in [-0.1, -0.05) is 0 Å². The van der Waals surface area contributed by atoms with Gasteiger partial charge in [-0.3, -0.25) is 4.79 Å². The van der Waals surface area contributed by atoms with Crippen molar-refractivity contribution < 1.29 is 23.1 Å². The summed E-state index contributed by atoms with van der Waals surface area (Å²) in [6.07, 6.45) is 0. The van der Waals surface area contributed by atoms with Gasteiger partial charge in [-0.05, 0) is 43.2 Å². The van der Waals surface area contributed by atoms with Crippen molar-refractivity contribution in [2.24, 2.45) is 5.41 Å². The summed E-state index contributed by atoms with van der Waals surface area (Å²) in [5.41, 5.74) is 1.81. The molecule has 0 aromatic heterocycles. The summed E-state index contributed by atoms with van der Waals surface area (Å²) in [5.74, 6) is 0.549. The normalized spacial score (nSPS) is 19.9. The van der Waals surface area contributed by atoms with Crippen LogP contribution >= 0.6 is 0 Å². The van der Waals surface area contributed by atoms with Crippen LogP contribution in [0.2, 0.25) is 0 Å². The van der Waals surface area contributed by atoms with Crippen molar-refractivity contribution in [1.29, 1.82) is 0 Å². The third kappa shape index (κ3) is 3.17. The van der Waals surface area contributed by atoms with Gasteiger partial charge in [0, 0.05) is 32.7 Å².